The van der Waals surface area contributed by atoms with Gasteiger partial charge in [0.15, 0.2) is 0 Å². The molecule has 16 heavy (non-hydrogen) atoms. The number of morpholine rings is 1. The van der Waals surface area contributed by atoms with E-state index in [-0.39, 0.29) is 18.4 Å². The Morgan fingerprint density at radius 2 is 2.12 bits per heavy atom. The summed E-state index contributed by atoms with van der Waals surface area (Å²) in [7, 11) is 2.69. The van der Waals surface area contributed by atoms with Crippen molar-refractivity contribution in [2.75, 3.05) is 40.5 Å². The van der Waals surface area contributed by atoms with Gasteiger partial charge in [-0.3, -0.25) is 14.5 Å². The molecule has 6 heteroatoms. The van der Waals surface area contributed by atoms with E-state index in [1.807, 2.05) is 4.90 Å². The zero-order chi connectivity index (χ0) is 12.0. The summed E-state index contributed by atoms with van der Waals surface area (Å²) in [4.78, 5) is 24.3. The first-order valence-corrected chi connectivity index (χ1v) is 5.15. The Bertz CT molecular complexity index is 256. The first kappa shape index (κ1) is 12.9. The number of methoxy groups -OCH3 is 2. The molecule has 6 nitrogen and oxygen atoms in total. The minimum absolute atomic E-state index is 0.268. The molecule has 0 radical (unpaired) electrons. The average molecular weight is 231 g/mol. The van der Waals surface area contributed by atoms with Crippen molar-refractivity contribution in [1.82, 2.24) is 4.90 Å². The van der Waals surface area contributed by atoms with Gasteiger partial charge in [0.2, 0.25) is 0 Å². The zero-order valence-corrected chi connectivity index (χ0v) is 9.60. The fourth-order valence-electron chi connectivity index (χ4n) is 1.60. The lowest BCUT2D eigenvalue weighted by molar-refractivity contribution is -0.154. The highest BCUT2D eigenvalue weighted by molar-refractivity contribution is 5.76. The molecule has 92 valence electrons. The van der Waals surface area contributed by atoms with Gasteiger partial charge in [-0.05, 0) is 0 Å². The number of esters is 2. The molecule has 0 aromatic rings. The third-order valence-corrected chi connectivity index (χ3v) is 2.54. The maximum Gasteiger partial charge on any atom is 0.325 e. The van der Waals surface area contributed by atoms with Gasteiger partial charge >= 0.3 is 11.9 Å². The van der Waals surface area contributed by atoms with Crippen molar-refractivity contribution in [3.05, 3.63) is 0 Å². The van der Waals surface area contributed by atoms with Crippen LogP contribution in [-0.4, -0.2) is 63.4 Å². The second-order valence-corrected chi connectivity index (χ2v) is 3.48. The molecule has 0 aromatic carbocycles. The molecule has 1 atom stereocenters. The van der Waals surface area contributed by atoms with Crippen LogP contribution in [0.2, 0.25) is 0 Å². The van der Waals surface area contributed by atoms with E-state index in [1.54, 1.807) is 0 Å². The topological polar surface area (TPSA) is 65.1 Å². The van der Waals surface area contributed by atoms with Gasteiger partial charge in [0.05, 0.1) is 33.9 Å². The van der Waals surface area contributed by atoms with E-state index in [4.69, 9.17) is 4.74 Å². The van der Waals surface area contributed by atoms with Gasteiger partial charge < -0.3 is 14.2 Å². The summed E-state index contributed by atoms with van der Waals surface area (Å²) in [6.07, 6.45) is 0.268. The largest absolute Gasteiger partial charge is 0.469 e. The van der Waals surface area contributed by atoms with Crippen molar-refractivity contribution < 1.29 is 23.8 Å². The number of nitrogens with zero attached hydrogens (tertiary/aromatic N) is 1. The molecule has 0 aromatic heterocycles. The minimum Gasteiger partial charge on any atom is -0.469 e. The smallest absolute Gasteiger partial charge is 0.325 e. The molecule has 1 rings (SSSR count). The van der Waals surface area contributed by atoms with Gasteiger partial charge in [0, 0.05) is 13.1 Å². The molecule has 0 saturated carbocycles. The maximum absolute atomic E-state index is 11.4. The van der Waals surface area contributed by atoms with E-state index in [0.29, 0.717) is 26.3 Å². The lowest BCUT2D eigenvalue weighted by atomic mass is 10.2. The summed E-state index contributed by atoms with van der Waals surface area (Å²) in [6.45, 7) is 1.98. The van der Waals surface area contributed by atoms with Crippen LogP contribution in [0.5, 0.6) is 0 Å². The number of carbonyl (C=O) groups is 2. The van der Waals surface area contributed by atoms with Gasteiger partial charge in [-0.1, -0.05) is 0 Å². The number of rotatable bonds is 4. The Morgan fingerprint density at radius 3 is 2.75 bits per heavy atom. The Labute approximate surface area is 94.4 Å². The molecule has 1 saturated heterocycles. The summed E-state index contributed by atoms with van der Waals surface area (Å²) in [5.41, 5.74) is 0. The van der Waals surface area contributed by atoms with E-state index in [1.165, 1.54) is 14.2 Å². The van der Waals surface area contributed by atoms with Crippen molar-refractivity contribution in [2.24, 2.45) is 0 Å². The quantitative estimate of drug-likeness (QED) is 0.603. The third-order valence-electron chi connectivity index (χ3n) is 2.54. The molecular formula is C10H17NO5. The highest BCUT2D eigenvalue weighted by atomic mass is 16.5. The summed E-state index contributed by atoms with van der Waals surface area (Å²) in [5.74, 6) is -0.611. The zero-order valence-electron chi connectivity index (χ0n) is 9.60. The molecule has 1 aliphatic rings. The lowest BCUT2D eigenvalue weighted by Gasteiger charge is -2.33. The van der Waals surface area contributed by atoms with Crippen LogP contribution in [0.3, 0.4) is 0 Å². The highest BCUT2D eigenvalue weighted by Crippen LogP contribution is 2.09. The monoisotopic (exact) mass is 231 g/mol. The van der Waals surface area contributed by atoms with Crippen LogP contribution in [0.25, 0.3) is 0 Å². The second-order valence-electron chi connectivity index (χ2n) is 3.48. The number of ether oxygens (including phenoxy) is 3. The summed E-state index contributed by atoms with van der Waals surface area (Å²) in [6, 6.07) is -0.414. The Morgan fingerprint density at radius 1 is 1.38 bits per heavy atom. The molecule has 0 N–H and O–H groups in total. The fraction of sp³-hybridized carbons (Fsp3) is 0.800. The van der Waals surface area contributed by atoms with Gasteiger partial charge in [0.1, 0.15) is 6.04 Å². The third kappa shape index (κ3) is 3.46. The first-order chi connectivity index (χ1) is 7.69. The van der Waals surface area contributed by atoms with Gasteiger partial charge in [-0.2, -0.15) is 0 Å². The molecule has 0 bridgehead atoms. The van der Waals surface area contributed by atoms with Crippen molar-refractivity contribution in [3.8, 4) is 0 Å². The van der Waals surface area contributed by atoms with Crippen LogP contribution >= 0.6 is 0 Å². The Hall–Kier alpha value is -1.14. The fourth-order valence-corrected chi connectivity index (χ4v) is 1.60. The van der Waals surface area contributed by atoms with Crippen molar-refractivity contribution in [3.63, 3.8) is 0 Å². The lowest BCUT2D eigenvalue weighted by Crippen LogP contribution is -2.50. The second kappa shape index (κ2) is 6.44. The van der Waals surface area contributed by atoms with Crippen LogP contribution in [0.1, 0.15) is 6.42 Å². The summed E-state index contributed by atoms with van der Waals surface area (Å²) >= 11 is 0. The van der Waals surface area contributed by atoms with E-state index in [0.717, 1.165) is 0 Å². The van der Waals surface area contributed by atoms with Crippen LogP contribution in [0, 0.1) is 0 Å². The van der Waals surface area contributed by atoms with Gasteiger partial charge in [0.25, 0.3) is 0 Å². The van der Waals surface area contributed by atoms with Crippen LogP contribution in [0.15, 0.2) is 0 Å². The van der Waals surface area contributed by atoms with Gasteiger partial charge in [-0.25, -0.2) is 0 Å². The molecule has 1 fully saturated rings. The molecule has 1 heterocycles. The molecule has 0 spiro atoms. The maximum atomic E-state index is 11.4. The number of carbonyl (C=O) groups excluding carboxylic acids is 2. The van der Waals surface area contributed by atoms with Crippen LogP contribution < -0.4 is 0 Å². The Kier molecular flexibility index (Phi) is 5.21. The van der Waals surface area contributed by atoms with Crippen LogP contribution in [0.4, 0.5) is 0 Å². The summed E-state index contributed by atoms with van der Waals surface area (Å²) < 4.78 is 14.4. The Balaban J connectivity index is 2.47. The van der Waals surface area contributed by atoms with Crippen molar-refractivity contribution in [2.45, 2.75) is 12.5 Å². The molecular weight excluding hydrogens is 214 g/mol. The van der Waals surface area contributed by atoms with Crippen LogP contribution in [-0.2, 0) is 23.8 Å². The molecule has 1 aliphatic heterocycles. The predicted molar refractivity (Wildman–Crippen MR) is 54.8 cm³/mol. The number of hydrogen-bond acceptors (Lipinski definition) is 6. The summed E-state index contributed by atoms with van der Waals surface area (Å²) in [5, 5.41) is 0. The number of hydrogen-bond donors (Lipinski definition) is 0. The molecule has 0 amide bonds. The van der Waals surface area contributed by atoms with E-state index in [9.17, 15) is 9.59 Å². The molecule has 0 aliphatic carbocycles. The predicted octanol–water partition coefficient (Wildman–Crippen LogP) is -0.577. The highest BCUT2D eigenvalue weighted by Gasteiger charge is 2.30. The average Bonchev–Trinajstić information content (AvgIpc) is 2.35. The van der Waals surface area contributed by atoms with E-state index >= 15 is 0 Å². The normalized spacial score (nSPS) is 21.5. The molecule has 1 unspecified atom stereocenters. The van der Waals surface area contributed by atoms with E-state index in [2.05, 4.69) is 9.47 Å². The van der Waals surface area contributed by atoms with E-state index < -0.39 is 6.04 Å². The first-order valence-electron chi connectivity index (χ1n) is 5.15. The van der Waals surface area contributed by atoms with Crippen molar-refractivity contribution in [1.29, 1.82) is 0 Å². The SMILES string of the molecule is COC(=O)CCN1CCOCC1C(=O)OC. The minimum atomic E-state index is -0.414. The van der Waals surface area contributed by atoms with Crippen molar-refractivity contribution >= 4 is 11.9 Å². The standard InChI is InChI=1S/C10H17NO5/c1-14-9(12)3-4-11-5-6-16-7-8(11)10(13)15-2/h8H,3-7H2,1-2H3. The van der Waals surface area contributed by atoms with Gasteiger partial charge in [-0.15, -0.1) is 0 Å².